The summed E-state index contributed by atoms with van der Waals surface area (Å²) in [6, 6.07) is 30.5. The third-order valence-corrected chi connectivity index (χ3v) is 6.85. The number of oxazole rings is 1. The van der Waals surface area contributed by atoms with Crippen molar-refractivity contribution in [3.8, 4) is 17.1 Å². The summed E-state index contributed by atoms with van der Waals surface area (Å²) in [5.74, 6) is 0. The van der Waals surface area contributed by atoms with Crippen molar-refractivity contribution in [3.63, 3.8) is 0 Å². The molecular formula is C28H20N2O. The first-order valence-electron chi connectivity index (χ1n) is 10.7. The van der Waals surface area contributed by atoms with E-state index in [9.17, 15) is 0 Å². The second kappa shape index (κ2) is 5.64. The molecule has 0 aliphatic heterocycles. The van der Waals surface area contributed by atoms with E-state index >= 15 is 0 Å². The molecule has 2 aromatic heterocycles. The molecular weight excluding hydrogens is 380 g/mol. The molecule has 4 aromatic carbocycles. The number of rotatable bonds is 1. The van der Waals surface area contributed by atoms with Crippen LogP contribution in [0.2, 0.25) is 0 Å². The molecule has 0 saturated heterocycles. The van der Waals surface area contributed by atoms with Gasteiger partial charge in [-0.05, 0) is 52.6 Å². The molecule has 0 fully saturated rings. The maximum atomic E-state index is 6.21. The standard InChI is InChI=1S/C28H20N2O/c1-28(2)21-11-5-3-9-17(21)19-16-25-20(15-22(19)28)18-10-4-7-13-24(18)30(25)27-29-23-12-6-8-14-26(23)31-27/h3-16H,1-2H3. The topological polar surface area (TPSA) is 31.0 Å². The van der Waals surface area contributed by atoms with Crippen molar-refractivity contribution in [1.82, 2.24) is 9.55 Å². The van der Waals surface area contributed by atoms with Gasteiger partial charge in [-0.3, -0.25) is 4.57 Å². The Kier molecular flexibility index (Phi) is 3.07. The van der Waals surface area contributed by atoms with Crippen molar-refractivity contribution in [2.75, 3.05) is 0 Å². The summed E-state index contributed by atoms with van der Waals surface area (Å²) in [5.41, 5.74) is 9.26. The highest BCUT2D eigenvalue weighted by Crippen LogP contribution is 2.50. The molecule has 2 heterocycles. The summed E-state index contributed by atoms with van der Waals surface area (Å²) in [6.45, 7) is 4.65. The predicted octanol–water partition coefficient (Wildman–Crippen LogP) is 7.23. The molecule has 0 bridgehead atoms. The molecule has 6 aromatic rings. The largest absolute Gasteiger partial charge is 0.423 e. The van der Waals surface area contributed by atoms with Gasteiger partial charge in [0.2, 0.25) is 0 Å². The van der Waals surface area contributed by atoms with E-state index < -0.39 is 0 Å². The summed E-state index contributed by atoms with van der Waals surface area (Å²) in [4.78, 5) is 4.82. The average Bonchev–Trinajstić information content (AvgIpc) is 3.42. The molecule has 0 unspecified atom stereocenters. The van der Waals surface area contributed by atoms with Gasteiger partial charge in [0.15, 0.2) is 5.58 Å². The Hall–Kier alpha value is -3.85. The summed E-state index contributed by atoms with van der Waals surface area (Å²) < 4.78 is 8.38. The minimum absolute atomic E-state index is 0.0269. The molecule has 3 nitrogen and oxygen atoms in total. The molecule has 0 saturated carbocycles. The highest BCUT2D eigenvalue weighted by molar-refractivity contribution is 6.11. The molecule has 1 aliphatic rings. The molecule has 31 heavy (non-hydrogen) atoms. The van der Waals surface area contributed by atoms with E-state index in [4.69, 9.17) is 9.40 Å². The maximum Gasteiger partial charge on any atom is 0.307 e. The number of para-hydroxylation sites is 3. The zero-order valence-corrected chi connectivity index (χ0v) is 17.4. The quantitative estimate of drug-likeness (QED) is 0.291. The fraction of sp³-hybridized carbons (Fsp3) is 0.107. The lowest BCUT2D eigenvalue weighted by Gasteiger charge is -2.21. The fourth-order valence-electron chi connectivity index (χ4n) is 5.32. The van der Waals surface area contributed by atoms with Gasteiger partial charge in [-0.15, -0.1) is 0 Å². The van der Waals surface area contributed by atoms with E-state index in [0.29, 0.717) is 6.01 Å². The second-order valence-electron chi connectivity index (χ2n) is 8.90. The van der Waals surface area contributed by atoms with E-state index in [1.54, 1.807) is 0 Å². The molecule has 3 heteroatoms. The van der Waals surface area contributed by atoms with Gasteiger partial charge in [-0.1, -0.05) is 68.4 Å². The fourth-order valence-corrected chi connectivity index (χ4v) is 5.32. The second-order valence-corrected chi connectivity index (χ2v) is 8.90. The van der Waals surface area contributed by atoms with E-state index in [1.807, 2.05) is 24.3 Å². The van der Waals surface area contributed by atoms with Crippen LogP contribution in [0.5, 0.6) is 0 Å². The molecule has 0 radical (unpaired) electrons. The minimum atomic E-state index is -0.0269. The van der Waals surface area contributed by atoms with Crippen LogP contribution in [0.1, 0.15) is 25.0 Å². The van der Waals surface area contributed by atoms with Gasteiger partial charge in [-0.25, -0.2) is 0 Å². The average molecular weight is 400 g/mol. The SMILES string of the molecule is CC1(C)c2ccccc2-c2cc3c(cc21)c1ccccc1n3-c1nc2ccccc2o1. The summed E-state index contributed by atoms with van der Waals surface area (Å²) in [6.07, 6.45) is 0. The summed E-state index contributed by atoms with van der Waals surface area (Å²) >= 11 is 0. The van der Waals surface area contributed by atoms with Crippen molar-refractivity contribution in [3.05, 3.63) is 96.1 Å². The zero-order chi connectivity index (χ0) is 20.7. The van der Waals surface area contributed by atoms with Crippen molar-refractivity contribution >= 4 is 32.9 Å². The Morgan fingerprint density at radius 2 is 1.48 bits per heavy atom. The maximum absolute atomic E-state index is 6.21. The van der Waals surface area contributed by atoms with Gasteiger partial charge < -0.3 is 4.42 Å². The van der Waals surface area contributed by atoms with E-state index in [-0.39, 0.29) is 5.41 Å². The van der Waals surface area contributed by atoms with Gasteiger partial charge in [0.25, 0.3) is 0 Å². The van der Waals surface area contributed by atoms with Gasteiger partial charge in [-0.2, -0.15) is 4.98 Å². The van der Waals surface area contributed by atoms with E-state index in [2.05, 4.69) is 79.1 Å². The summed E-state index contributed by atoms with van der Waals surface area (Å²) in [5, 5.41) is 2.45. The molecule has 0 N–H and O–H groups in total. The summed E-state index contributed by atoms with van der Waals surface area (Å²) in [7, 11) is 0. The van der Waals surface area contributed by atoms with Crippen LogP contribution >= 0.6 is 0 Å². The molecule has 0 spiro atoms. The Bertz CT molecular complexity index is 1630. The highest BCUT2D eigenvalue weighted by Gasteiger charge is 2.36. The number of hydrogen-bond acceptors (Lipinski definition) is 2. The first-order valence-corrected chi connectivity index (χ1v) is 10.7. The Balaban J connectivity index is 1.63. The third kappa shape index (κ3) is 2.10. The van der Waals surface area contributed by atoms with Crippen LogP contribution in [0.3, 0.4) is 0 Å². The number of aromatic nitrogens is 2. The first-order chi connectivity index (χ1) is 15.1. The Morgan fingerprint density at radius 3 is 2.39 bits per heavy atom. The lowest BCUT2D eigenvalue weighted by Crippen LogP contribution is -2.14. The lowest BCUT2D eigenvalue weighted by atomic mass is 9.82. The number of hydrogen-bond donors (Lipinski definition) is 0. The third-order valence-electron chi connectivity index (χ3n) is 6.85. The van der Waals surface area contributed by atoms with Crippen LogP contribution in [0.4, 0.5) is 0 Å². The van der Waals surface area contributed by atoms with E-state index in [0.717, 1.165) is 22.1 Å². The molecule has 0 atom stereocenters. The molecule has 148 valence electrons. The smallest absolute Gasteiger partial charge is 0.307 e. The monoisotopic (exact) mass is 400 g/mol. The van der Waals surface area contributed by atoms with E-state index in [1.165, 1.54) is 33.0 Å². The minimum Gasteiger partial charge on any atom is -0.423 e. The molecule has 1 aliphatic carbocycles. The molecule has 0 amide bonds. The number of benzene rings is 4. The molecule has 7 rings (SSSR count). The van der Waals surface area contributed by atoms with Crippen molar-refractivity contribution in [2.45, 2.75) is 19.3 Å². The Labute approximate surface area is 179 Å². The number of fused-ring (bicyclic) bond motifs is 7. The van der Waals surface area contributed by atoms with Crippen molar-refractivity contribution in [1.29, 1.82) is 0 Å². The van der Waals surface area contributed by atoms with Gasteiger partial charge >= 0.3 is 6.01 Å². The zero-order valence-electron chi connectivity index (χ0n) is 17.4. The first kappa shape index (κ1) is 16.9. The van der Waals surface area contributed by atoms with Crippen LogP contribution in [-0.4, -0.2) is 9.55 Å². The van der Waals surface area contributed by atoms with Crippen LogP contribution in [-0.2, 0) is 5.41 Å². The predicted molar refractivity (Wildman–Crippen MR) is 126 cm³/mol. The normalized spacial score (nSPS) is 14.4. The van der Waals surface area contributed by atoms with Crippen LogP contribution in [0, 0.1) is 0 Å². The van der Waals surface area contributed by atoms with Crippen molar-refractivity contribution < 1.29 is 4.42 Å². The Morgan fingerprint density at radius 1 is 0.710 bits per heavy atom. The number of nitrogens with zero attached hydrogens (tertiary/aromatic N) is 2. The van der Waals surface area contributed by atoms with Gasteiger partial charge in [0.1, 0.15) is 5.52 Å². The van der Waals surface area contributed by atoms with Gasteiger partial charge in [0, 0.05) is 16.2 Å². The van der Waals surface area contributed by atoms with Crippen LogP contribution in [0.25, 0.3) is 50.0 Å². The highest BCUT2D eigenvalue weighted by atomic mass is 16.4. The lowest BCUT2D eigenvalue weighted by molar-refractivity contribution is 0.574. The van der Waals surface area contributed by atoms with Crippen LogP contribution < -0.4 is 0 Å². The van der Waals surface area contributed by atoms with Crippen molar-refractivity contribution in [2.24, 2.45) is 0 Å². The van der Waals surface area contributed by atoms with Gasteiger partial charge in [0.05, 0.1) is 11.0 Å². The van der Waals surface area contributed by atoms with Crippen LogP contribution in [0.15, 0.2) is 89.3 Å².